The molecule has 98 valence electrons. The van der Waals surface area contributed by atoms with Crippen LogP contribution in [0.25, 0.3) is 0 Å². The fourth-order valence-electron chi connectivity index (χ4n) is 2.93. The lowest BCUT2D eigenvalue weighted by atomic mass is 10.1. The largest absolute Gasteiger partial charge is 0.397 e. The number of amides is 1. The lowest BCUT2D eigenvalue weighted by molar-refractivity contribution is 0.100. The van der Waals surface area contributed by atoms with Crippen LogP contribution in [0.3, 0.4) is 0 Å². The molecule has 2 fully saturated rings. The Morgan fingerprint density at radius 3 is 2.94 bits per heavy atom. The summed E-state index contributed by atoms with van der Waals surface area (Å²) in [4.78, 5) is 16.6. The summed E-state index contributed by atoms with van der Waals surface area (Å²) in [5, 5.41) is 1.08. The van der Waals surface area contributed by atoms with Crippen molar-refractivity contribution in [2.24, 2.45) is 5.73 Å². The molecule has 5 nitrogen and oxygen atoms in total. The number of fused-ring (bicyclic) bond motifs is 1. The zero-order valence-electron chi connectivity index (χ0n) is 10.3. The Balaban J connectivity index is 1.78. The minimum atomic E-state index is -0.428. The van der Waals surface area contributed by atoms with Crippen molar-refractivity contribution in [2.45, 2.75) is 18.9 Å². The van der Waals surface area contributed by atoms with Gasteiger partial charge in [0.15, 0.2) is 0 Å². The van der Waals surface area contributed by atoms with Crippen molar-refractivity contribution in [1.29, 1.82) is 0 Å². The number of carbonyl (C=O) groups excluding carboxylic acids is 1. The van der Waals surface area contributed by atoms with Gasteiger partial charge in [0.05, 0.1) is 10.7 Å². The number of nitrogens with two attached hydrogens (primary N) is 2. The number of hydrogen-bond acceptors (Lipinski definition) is 5. The fourth-order valence-corrected chi connectivity index (χ4v) is 3.90. The van der Waals surface area contributed by atoms with Crippen LogP contribution in [0.2, 0.25) is 0 Å². The van der Waals surface area contributed by atoms with Gasteiger partial charge in [0.25, 0.3) is 5.91 Å². The van der Waals surface area contributed by atoms with Crippen LogP contribution in [0, 0.1) is 0 Å². The predicted octanol–water partition coefficient (Wildman–Crippen LogP) is 0.714. The van der Waals surface area contributed by atoms with E-state index in [1.165, 1.54) is 30.7 Å². The van der Waals surface area contributed by atoms with Crippen LogP contribution in [-0.4, -0.2) is 43.0 Å². The van der Waals surface area contributed by atoms with Crippen molar-refractivity contribution in [3.8, 4) is 0 Å². The first-order chi connectivity index (χ1) is 8.65. The highest BCUT2D eigenvalue weighted by molar-refractivity contribution is 7.18. The van der Waals surface area contributed by atoms with E-state index in [1.807, 2.05) is 6.07 Å². The van der Waals surface area contributed by atoms with E-state index in [-0.39, 0.29) is 0 Å². The van der Waals surface area contributed by atoms with E-state index in [9.17, 15) is 4.79 Å². The van der Waals surface area contributed by atoms with Crippen molar-refractivity contribution >= 4 is 27.9 Å². The van der Waals surface area contributed by atoms with Gasteiger partial charge in [-0.05, 0) is 25.5 Å². The molecule has 2 aliphatic heterocycles. The highest BCUT2D eigenvalue weighted by Crippen LogP contribution is 2.34. The van der Waals surface area contributed by atoms with Crippen molar-refractivity contribution in [2.75, 3.05) is 36.8 Å². The molecule has 3 rings (SSSR count). The molecule has 2 saturated heterocycles. The molecule has 1 amide bonds. The molecule has 0 aliphatic carbocycles. The van der Waals surface area contributed by atoms with Crippen LogP contribution in [0.15, 0.2) is 6.07 Å². The monoisotopic (exact) mass is 266 g/mol. The van der Waals surface area contributed by atoms with E-state index >= 15 is 0 Å². The molecule has 3 heterocycles. The Hall–Kier alpha value is -1.27. The van der Waals surface area contributed by atoms with Crippen LogP contribution in [0.1, 0.15) is 22.5 Å². The average Bonchev–Trinajstić information content (AvgIpc) is 2.93. The maximum atomic E-state index is 11.2. The second-order valence-corrected chi connectivity index (χ2v) is 6.04. The first-order valence-corrected chi connectivity index (χ1v) is 7.15. The standard InChI is InChI=1S/C12H18N4OS/c13-9-6-10(18-11(9)12(14)17)16-5-4-15-3-1-2-8(15)7-16/h6,8H,1-5,7,13H2,(H2,14,17). The van der Waals surface area contributed by atoms with Crippen LogP contribution in [0.4, 0.5) is 10.7 Å². The van der Waals surface area contributed by atoms with E-state index in [1.54, 1.807) is 0 Å². The van der Waals surface area contributed by atoms with Gasteiger partial charge in [-0.3, -0.25) is 9.69 Å². The molecule has 1 aromatic rings. The molecule has 0 bridgehead atoms. The Labute approximate surface area is 110 Å². The van der Waals surface area contributed by atoms with Gasteiger partial charge in [0, 0.05) is 25.7 Å². The van der Waals surface area contributed by atoms with E-state index in [4.69, 9.17) is 11.5 Å². The quantitative estimate of drug-likeness (QED) is 0.827. The van der Waals surface area contributed by atoms with Crippen LogP contribution < -0.4 is 16.4 Å². The highest BCUT2D eigenvalue weighted by Gasteiger charge is 2.31. The van der Waals surface area contributed by atoms with Crippen molar-refractivity contribution in [3.05, 3.63) is 10.9 Å². The summed E-state index contributed by atoms with van der Waals surface area (Å²) in [6.45, 7) is 4.39. The fraction of sp³-hybridized carbons (Fsp3) is 0.583. The normalized spacial score (nSPS) is 24.2. The van der Waals surface area contributed by atoms with Gasteiger partial charge < -0.3 is 16.4 Å². The molecule has 0 aromatic carbocycles. The summed E-state index contributed by atoms with van der Waals surface area (Å²) in [5.74, 6) is -0.428. The molecule has 1 atom stereocenters. The van der Waals surface area contributed by atoms with Gasteiger partial charge in [0.1, 0.15) is 4.88 Å². The minimum Gasteiger partial charge on any atom is -0.397 e. The Bertz CT molecular complexity index is 473. The summed E-state index contributed by atoms with van der Waals surface area (Å²) in [6, 6.07) is 2.55. The lowest BCUT2D eigenvalue weighted by Gasteiger charge is -2.38. The van der Waals surface area contributed by atoms with E-state index in [0.29, 0.717) is 16.6 Å². The second kappa shape index (κ2) is 4.44. The van der Waals surface area contributed by atoms with Crippen molar-refractivity contribution in [1.82, 2.24) is 4.90 Å². The Morgan fingerprint density at radius 1 is 1.39 bits per heavy atom. The van der Waals surface area contributed by atoms with Crippen LogP contribution in [0.5, 0.6) is 0 Å². The van der Waals surface area contributed by atoms with Crippen LogP contribution >= 0.6 is 11.3 Å². The minimum absolute atomic E-state index is 0.428. The van der Waals surface area contributed by atoms with Gasteiger partial charge in [-0.15, -0.1) is 11.3 Å². The first-order valence-electron chi connectivity index (χ1n) is 6.33. The van der Waals surface area contributed by atoms with Crippen LogP contribution in [-0.2, 0) is 0 Å². The molecule has 1 aromatic heterocycles. The topological polar surface area (TPSA) is 75.6 Å². The van der Waals surface area contributed by atoms with Crippen molar-refractivity contribution in [3.63, 3.8) is 0 Å². The summed E-state index contributed by atoms with van der Waals surface area (Å²) in [5.41, 5.74) is 11.6. The highest BCUT2D eigenvalue weighted by atomic mass is 32.1. The van der Waals surface area contributed by atoms with Gasteiger partial charge in [-0.25, -0.2) is 0 Å². The third-order valence-corrected chi connectivity index (χ3v) is 5.10. The lowest BCUT2D eigenvalue weighted by Crippen LogP contribution is -2.49. The smallest absolute Gasteiger partial charge is 0.260 e. The molecule has 0 saturated carbocycles. The zero-order valence-corrected chi connectivity index (χ0v) is 11.1. The van der Waals surface area contributed by atoms with E-state index < -0.39 is 5.91 Å². The third-order valence-electron chi connectivity index (χ3n) is 3.87. The number of nitrogens with zero attached hydrogens (tertiary/aromatic N) is 2. The summed E-state index contributed by atoms with van der Waals surface area (Å²) in [6.07, 6.45) is 2.58. The third kappa shape index (κ3) is 1.95. The molecule has 18 heavy (non-hydrogen) atoms. The van der Waals surface area contributed by atoms with Gasteiger partial charge in [0.2, 0.25) is 0 Å². The zero-order chi connectivity index (χ0) is 12.7. The molecule has 6 heteroatoms. The second-order valence-electron chi connectivity index (χ2n) is 5.01. The van der Waals surface area contributed by atoms with E-state index in [2.05, 4.69) is 9.80 Å². The van der Waals surface area contributed by atoms with Crippen molar-refractivity contribution < 1.29 is 4.79 Å². The molecule has 2 aliphatic rings. The number of piperazine rings is 1. The molecular formula is C12H18N4OS. The van der Waals surface area contributed by atoms with E-state index in [0.717, 1.165) is 24.6 Å². The number of primary amides is 1. The Kier molecular flexibility index (Phi) is 2.91. The summed E-state index contributed by atoms with van der Waals surface area (Å²) >= 11 is 1.42. The molecule has 0 spiro atoms. The first kappa shape index (κ1) is 11.8. The number of nitrogen functional groups attached to an aromatic ring is 1. The molecule has 4 N–H and O–H groups in total. The Morgan fingerprint density at radius 2 is 2.22 bits per heavy atom. The number of anilines is 2. The maximum Gasteiger partial charge on any atom is 0.260 e. The predicted molar refractivity (Wildman–Crippen MR) is 74.1 cm³/mol. The van der Waals surface area contributed by atoms with Gasteiger partial charge in [-0.1, -0.05) is 0 Å². The average molecular weight is 266 g/mol. The molecule has 0 radical (unpaired) electrons. The SMILES string of the molecule is NC(=O)c1sc(N2CCN3CCCC3C2)cc1N. The number of hydrogen-bond donors (Lipinski definition) is 2. The molecule has 1 unspecified atom stereocenters. The summed E-state index contributed by atoms with van der Waals surface area (Å²) < 4.78 is 0. The van der Waals surface area contributed by atoms with Gasteiger partial charge >= 0.3 is 0 Å². The number of thiophene rings is 1. The number of rotatable bonds is 2. The molecular weight excluding hydrogens is 248 g/mol. The number of carbonyl (C=O) groups is 1. The summed E-state index contributed by atoms with van der Waals surface area (Å²) in [7, 11) is 0. The maximum absolute atomic E-state index is 11.2. The van der Waals surface area contributed by atoms with Gasteiger partial charge in [-0.2, -0.15) is 0 Å².